The highest BCUT2D eigenvalue weighted by atomic mass is 16.3. The molecule has 0 aliphatic rings. The summed E-state index contributed by atoms with van der Waals surface area (Å²) in [6.07, 6.45) is 5.00. The highest BCUT2D eigenvalue weighted by Crippen LogP contribution is 2.13. The van der Waals surface area contributed by atoms with Crippen LogP contribution in [-0.4, -0.2) is 0 Å². The molecule has 0 saturated carbocycles. The summed E-state index contributed by atoms with van der Waals surface area (Å²) in [5.74, 6) is 2.20. The first kappa shape index (κ1) is 5.71. The smallest absolute Gasteiger partial charge is 0.194 e. The van der Waals surface area contributed by atoms with Crippen LogP contribution in [-0.2, 0) is 5.11 Å². The molecule has 1 rings (SSSR count). The van der Waals surface area contributed by atoms with E-state index in [2.05, 4.69) is 5.92 Å². The van der Waals surface area contributed by atoms with Crippen molar-refractivity contribution in [3.05, 3.63) is 29.8 Å². The van der Waals surface area contributed by atoms with E-state index < -0.39 is 0 Å². The van der Waals surface area contributed by atoms with Crippen LogP contribution in [0.15, 0.2) is 24.3 Å². The maximum Gasteiger partial charge on any atom is 0.194 e. The Labute approximate surface area is 54.0 Å². The van der Waals surface area contributed by atoms with Crippen LogP contribution in [0.3, 0.4) is 0 Å². The predicted molar refractivity (Wildman–Crippen MR) is 34.5 cm³/mol. The fraction of sp³-hybridized carbons (Fsp3) is 0. The second-order valence-corrected chi connectivity index (χ2v) is 1.64. The summed E-state index contributed by atoms with van der Waals surface area (Å²) in [5, 5.41) is 10.7. The lowest BCUT2D eigenvalue weighted by atomic mass is 10.2. The third kappa shape index (κ3) is 1.03. The normalized spacial score (nSPS) is 8.33. The molecule has 0 aromatic heterocycles. The lowest BCUT2D eigenvalue weighted by molar-refractivity contribution is 0.353. The lowest BCUT2D eigenvalue weighted by Gasteiger charge is -1.87. The summed E-state index contributed by atoms with van der Waals surface area (Å²) >= 11 is 0. The van der Waals surface area contributed by atoms with Crippen LogP contribution in [0.5, 0.6) is 5.75 Å². The molecule has 1 nitrogen and oxygen atoms in total. The molecule has 0 heterocycles. The van der Waals surface area contributed by atoms with Gasteiger partial charge in [0.25, 0.3) is 0 Å². The summed E-state index contributed by atoms with van der Waals surface area (Å²) in [7, 11) is 0. The van der Waals surface area contributed by atoms with Crippen LogP contribution in [0.25, 0.3) is 0 Å². The fourth-order valence-corrected chi connectivity index (χ4v) is 0.586. The maximum absolute atomic E-state index is 10.7. The molecule has 1 aromatic rings. The van der Waals surface area contributed by atoms with Gasteiger partial charge in [0.05, 0.1) is 5.56 Å². The van der Waals surface area contributed by atoms with Gasteiger partial charge in [0.15, 0.2) is 5.75 Å². The Morgan fingerprint density at radius 2 is 2.00 bits per heavy atom. The Morgan fingerprint density at radius 1 is 1.33 bits per heavy atom. The van der Waals surface area contributed by atoms with Crippen molar-refractivity contribution in [1.82, 2.24) is 0 Å². The van der Waals surface area contributed by atoms with Crippen LogP contribution in [0.4, 0.5) is 0 Å². The number of hydrogen-bond acceptors (Lipinski definition) is 0. The molecule has 9 heavy (non-hydrogen) atoms. The molecule has 0 saturated heterocycles. The second kappa shape index (κ2) is 2.23. The van der Waals surface area contributed by atoms with Crippen molar-refractivity contribution in [3.8, 4) is 18.1 Å². The molecule has 0 atom stereocenters. The standard InChI is InChI=1S/C8H5O/c1-2-7-5-3-4-6-8(7)9/h1,3-6H. The minimum atomic E-state index is -0.0833. The van der Waals surface area contributed by atoms with Gasteiger partial charge in [-0.25, -0.2) is 0 Å². The van der Waals surface area contributed by atoms with Gasteiger partial charge in [0.2, 0.25) is 0 Å². The fourth-order valence-electron chi connectivity index (χ4n) is 0.586. The Morgan fingerprint density at radius 3 is 2.44 bits per heavy atom. The van der Waals surface area contributed by atoms with Crippen LogP contribution in [0, 0.1) is 12.3 Å². The summed E-state index contributed by atoms with van der Waals surface area (Å²) in [4.78, 5) is 0. The first-order valence-electron chi connectivity index (χ1n) is 2.57. The van der Waals surface area contributed by atoms with Gasteiger partial charge in [-0.05, 0) is 12.1 Å². The third-order valence-corrected chi connectivity index (χ3v) is 1.04. The van der Waals surface area contributed by atoms with Crippen molar-refractivity contribution in [2.24, 2.45) is 0 Å². The average molecular weight is 117 g/mol. The first-order valence-corrected chi connectivity index (χ1v) is 2.57. The molecular weight excluding hydrogens is 112 g/mol. The largest absolute Gasteiger partial charge is 0.289 e. The zero-order chi connectivity index (χ0) is 6.69. The van der Waals surface area contributed by atoms with E-state index >= 15 is 0 Å². The Hall–Kier alpha value is -1.42. The van der Waals surface area contributed by atoms with E-state index in [4.69, 9.17) is 6.42 Å². The Balaban J connectivity index is 3.20. The van der Waals surface area contributed by atoms with E-state index in [9.17, 15) is 5.11 Å². The third-order valence-electron chi connectivity index (χ3n) is 1.04. The summed E-state index contributed by atoms with van der Waals surface area (Å²) in [6.45, 7) is 0. The SMILES string of the molecule is C#Cc1ccccc1[O]. The van der Waals surface area contributed by atoms with Crippen molar-refractivity contribution < 1.29 is 5.11 Å². The molecule has 0 spiro atoms. The Bertz CT molecular complexity index is 245. The van der Waals surface area contributed by atoms with E-state index in [1.807, 2.05) is 0 Å². The van der Waals surface area contributed by atoms with Gasteiger partial charge in [0, 0.05) is 0 Å². The molecule has 1 radical (unpaired) electrons. The van der Waals surface area contributed by atoms with Gasteiger partial charge < -0.3 is 0 Å². The quantitative estimate of drug-likeness (QED) is 0.462. The van der Waals surface area contributed by atoms with Gasteiger partial charge in [-0.15, -0.1) is 6.42 Å². The van der Waals surface area contributed by atoms with Crippen molar-refractivity contribution in [2.45, 2.75) is 0 Å². The molecule has 0 N–H and O–H groups in total. The molecular formula is C8H5O. The van der Waals surface area contributed by atoms with Crippen molar-refractivity contribution in [3.63, 3.8) is 0 Å². The van der Waals surface area contributed by atoms with Gasteiger partial charge in [0.1, 0.15) is 0 Å². The van der Waals surface area contributed by atoms with Crippen LogP contribution in [0.1, 0.15) is 5.56 Å². The number of benzene rings is 1. The highest BCUT2D eigenvalue weighted by molar-refractivity contribution is 5.43. The zero-order valence-corrected chi connectivity index (χ0v) is 4.79. The summed E-state index contributed by atoms with van der Waals surface area (Å²) < 4.78 is 0. The topological polar surface area (TPSA) is 19.9 Å². The van der Waals surface area contributed by atoms with Crippen molar-refractivity contribution in [2.75, 3.05) is 0 Å². The molecule has 0 aliphatic carbocycles. The molecule has 1 aromatic carbocycles. The highest BCUT2D eigenvalue weighted by Gasteiger charge is 1.93. The van der Waals surface area contributed by atoms with E-state index in [0.29, 0.717) is 5.56 Å². The number of rotatable bonds is 0. The Kier molecular flexibility index (Phi) is 1.42. The van der Waals surface area contributed by atoms with Crippen molar-refractivity contribution in [1.29, 1.82) is 0 Å². The molecule has 0 bridgehead atoms. The van der Waals surface area contributed by atoms with Crippen LogP contribution >= 0.6 is 0 Å². The minimum absolute atomic E-state index is 0.0833. The predicted octanol–water partition coefficient (Wildman–Crippen LogP) is 1.81. The van der Waals surface area contributed by atoms with Gasteiger partial charge >= 0.3 is 0 Å². The average Bonchev–Trinajstić information content (AvgIpc) is 1.89. The molecule has 0 aliphatic heterocycles. The lowest BCUT2D eigenvalue weighted by Crippen LogP contribution is -1.70. The second-order valence-electron chi connectivity index (χ2n) is 1.64. The number of hydrogen-bond donors (Lipinski definition) is 0. The maximum atomic E-state index is 10.7. The molecule has 0 unspecified atom stereocenters. The van der Waals surface area contributed by atoms with Gasteiger partial charge in [-0.3, -0.25) is 5.11 Å². The van der Waals surface area contributed by atoms with E-state index in [1.54, 1.807) is 18.2 Å². The molecule has 0 amide bonds. The molecule has 1 heteroatoms. The van der Waals surface area contributed by atoms with E-state index in [-0.39, 0.29) is 5.75 Å². The van der Waals surface area contributed by atoms with Gasteiger partial charge in [-0.2, -0.15) is 0 Å². The molecule has 43 valence electrons. The number of terminal acetylenes is 1. The molecule has 0 fully saturated rings. The van der Waals surface area contributed by atoms with E-state index in [0.717, 1.165) is 0 Å². The first-order chi connectivity index (χ1) is 4.34. The monoisotopic (exact) mass is 117 g/mol. The minimum Gasteiger partial charge on any atom is -0.289 e. The summed E-state index contributed by atoms with van der Waals surface area (Å²) in [5.41, 5.74) is 0.428. The zero-order valence-electron chi connectivity index (χ0n) is 4.79. The number of para-hydroxylation sites is 1. The van der Waals surface area contributed by atoms with E-state index in [1.165, 1.54) is 6.07 Å². The van der Waals surface area contributed by atoms with Crippen LogP contribution < -0.4 is 0 Å². The van der Waals surface area contributed by atoms with Gasteiger partial charge in [-0.1, -0.05) is 18.1 Å². The van der Waals surface area contributed by atoms with Crippen molar-refractivity contribution >= 4 is 0 Å². The van der Waals surface area contributed by atoms with Crippen LogP contribution in [0.2, 0.25) is 0 Å². The summed E-state index contributed by atoms with van der Waals surface area (Å²) in [6, 6.07) is 6.50.